The number of esters is 1. The van der Waals surface area contributed by atoms with Crippen molar-refractivity contribution in [2.75, 3.05) is 26.3 Å². The van der Waals surface area contributed by atoms with E-state index < -0.39 is 16.0 Å². The van der Waals surface area contributed by atoms with Gasteiger partial charge in [-0.3, -0.25) is 4.98 Å². The molecule has 1 aliphatic rings. The summed E-state index contributed by atoms with van der Waals surface area (Å²) in [4.78, 5) is 16.9. The third-order valence-corrected chi connectivity index (χ3v) is 6.37. The minimum absolute atomic E-state index is 0.0555. The van der Waals surface area contributed by atoms with Gasteiger partial charge in [0.1, 0.15) is 5.52 Å². The molecule has 0 amide bonds. The first-order valence-electron chi connectivity index (χ1n) is 8.79. The number of carbonyl (C=O) groups is 1. The van der Waals surface area contributed by atoms with Gasteiger partial charge in [0.2, 0.25) is 10.0 Å². The number of sulfonamides is 1. The maximum atomic E-state index is 12.8. The number of para-hydroxylation sites is 1. The number of hydrogen-bond acceptors (Lipinski definition) is 6. The van der Waals surface area contributed by atoms with Gasteiger partial charge in [-0.15, -0.1) is 0 Å². The lowest BCUT2D eigenvalue weighted by molar-refractivity contribution is 0.0727. The SMILES string of the molecule is O=C(Oc1cccc2cccnc12)c1cccc(S(=O)(=O)N2CCOCC2)c1. The van der Waals surface area contributed by atoms with Crippen LogP contribution in [-0.4, -0.2) is 50.0 Å². The number of aromatic nitrogens is 1. The van der Waals surface area contributed by atoms with Gasteiger partial charge in [-0.2, -0.15) is 4.31 Å². The molecule has 0 saturated carbocycles. The molecule has 4 rings (SSSR count). The van der Waals surface area contributed by atoms with E-state index in [2.05, 4.69) is 4.98 Å². The van der Waals surface area contributed by atoms with E-state index in [1.54, 1.807) is 24.4 Å². The number of nitrogens with zero attached hydrogens (tertiary/aromatic N) is 2. The third-order valence-electron chi connectivity index (χ3n) is 4.48. The van der Waals surface area contributed by atoms with Crippen LogP contribution in [0.2, 0.25) is 0 Å². The van der Waals surface area contributed by atoms with Crippen molar-refractivity contribution in [1.82, 2.24) is 9.29 Å². The predicted molar refractivity (Wildman–Crippen MR) is 103 cm³/mol. The van der Waals surface area contributed by atoms with Crippen LogP contribution in [0.4, 0.5) is 0 Å². The summed E-state index contributed by atoms with van der Waals surface area (Å²) in [6.45, 7) is 1.29. The van der Waals surface area contributed by atoms with E-state index >= 15 is 0 Å². The fourth-order valence-corrected chi connectivity index (χ4v) is 4.49. The molecule has 3 aromatic rings. The number of morpholine rings is 1. The lowest BCUT2D eigenvalue weighted by atomic mass is 10.2. The van der Waals surface area contributed by atoms with E-state index in [9.17, 15) is 13.2 Å². The van der Waals surface area contributed by atoms with Crippen LogP contribution in [0, 0.1) is 0 Å². The van der Waals surface area contributed by atoms with Crippen molar-refractivity contribution in [2.45, 2.75) is 4.90 Å². The molecule has 1 aromatic heterocycles. The van der Waals surface area contributed by atoms with Gasteiger partial charge >= 0.3 is 5.97 Å². The summed E-state index contributed by atoms with van der Waals surface area (Å²) in [6.07, 6.45) is 1.62. The van der Waals surface area contributed by atoms with Crippen LogP contribution in [0.1, 0.15) is 10.4 Å². The van der Waals surface area contributed by atoms with Gasteiger partial charge < -0.3 is 9.47 Å². The highest BCUT2D eigenvalue weighted by atomic mass is 32.2. The minimum Gasteiger partial charge on any atom is -0.421 e. The van der Waals surface area contributed by atoms with Crippen LogP contribution in [0.5, 0.6) is 5.75 Å². The van der Waals surface area contributed by atoms with Crippen LogP contribution in [0.15, 0.2) is 65.7 Å². The van der Waals surface area contributed by atoms with Gasteiger partial charge in [-0.05, 0) is 30.3 Å². The normalized spacial score (nSPS) is 15.4. The van der Waals surface area contributed by atoms with Crippen LogP contribution < -0.4 is 4.74 Å². The summed E-state index contributed by atoms with van der Waals surface area (Å²) in [7, 11) is -3.69. The molecule has 0 aliphatic carbocycles. The van der Waals surface area contributed by atoms with Crippen molar-refractivity contribution in [3.05, 3.63) is 66.4 Å². The van der Waals surface area contributed by atoms with Gasteiger partial charge in [-0.25, -0.2) is 13.2 Å². The monoisotopic (exact) mass is 398 g/mol. The van der Waals surface area contributed by atoms with Crippen molar-refractivity contribution < 1.29 is 22.7 Å². The Morgan fingerprint density at radius 2 is 1.79 bits per heavy atom. The lowest BCUT2D eigenvalue weighted by Gasteiger charge is -2.26. The van der Waals surface area contributed by atoms with Gasteiger partial charge in [0, 0.05) is 24.7 Å². The Kier molecular flexibility index (Phi) is 5.08. The molecule has 2 heterocycles. The average Bonchev–Trinajstić information content (AvgIpc) is 2.75. The molecule has 2 aromatic carbocycles. The summed E-state index contributed by atoms with van der Waals surface area (Å²) < 4.78 is 37.7. The number of benzene rings is 2. The van der Waals surface area contributed by atoms with Gasteiger partial charge in [0.05, 0.1) is 23.7 Å². The fraction of sp³-hybridized carbons (Fsp3) is 0.200. The minimum atomic E-state index is -3.69. The van der Waals surface area contributed by atoms with E-state index in [-0.39, 0.29) is 10.5 Å². The summed E-state index contributed by atoms with van der Waals surface area (Å²) >= 11 is 0. The molecule has 8 heteroatoms. The number of hydrogen-bond donors (Lipinski definition) is 0. The number of rotatable bonds is 4. The van der Waals surface area contributed by atoms with Crippen LogP contribution in [0.3, 0.4) is 0 Å². The Morgan fingerprint density at radius 1 is 1.04 bits per heavy atom. The number of fused-ring (bicyclic) bond motifs is 1. The topological polar surface area (TPSA) is 85.8 Å². The summed E-state index contributed by atoms with van der Waals surface area (Å²) in [5.41, 5.74) is 0.720. The zero-order valence-corrected chi connectivity index (χ0v) is 15.8. The molecule has 0 atom stereocenters. The zero-order valence-electron chi connectivity index (χ0n) is 14.9. The molecule has 7 nitrogen and oxygen atoms in total. The molecule has 0 bridgehead atoms. The van der Waals surface area contributed by atoms with Crippen molar-refractivity contribution in [3.63, 3.8) is 0 Å². The quantitative estimate of drug-likeness (QED) is 0.496. The molecule has 1 fully saturated rings. The summed E-state index contributed by atoms with van der Waals surface area (Å²) in [6, 6.07) is 14.8. The Hall–Kier alpha value is -2.81. The van der Waals surface area contributed by atoms with E-state index in [1.165, 1.54) is 28.6 Å². The Balaban J connectivity index is 1.61. The molecule has 0 radical (unpaired) electrons. The van der Waals surface area contributed by atoms with Crippen molar-refractivity contribution in [1.29, 1.82) is 0 Å². The molecule has 0 N–H and O–H groups in total. The summed E-state index contributed by atoms with van der Waals surface area (Å²) in [5.74, 6) is -0.318. The Labute approximate surface area is 162 Å². The van der Waals surface area contributed by atoms with Gasteiger partial charge in [0.15, 0.2) is 5.75 Å². The first-order valence-corrected chi connectivity index (χ1v) is 10.2. The standard InChI is InChI=1S/C20H18N2O5S/c23-20(27-18-8-2-4-15-6-3-9-21-19(15)18)16-5-1-7-17(14-16)28(24,25)22-10-12-26-13-11-22/h1-9,14H,10-13H2. The second-order valence-corrected chi connectivity index (χ2v) is 8.20. The largest absolute Gasteiger partial charge is 0.421 e. The molecule has 0 unspecified atom stereocenters. The van der Waals surface area contributed by atoms with Crippen molar-refractivity contribution >= 4 is 26.9 Å². The van der Waals surface area contributed by atoms with Gasteiger partial charge in [0.25, 0.3) is 0 Å². The van der Waals surface area contributed by atoms with Crippen molar-refractivity contribution in [2.24, 2.45) is 0 Å². The van der Waals surface area contributed by atoms with Crippen LogP contribution in [0.25, 0.3) is 10.9 Å². The second-order valence-electron chi connectivity index (χ2n) is 6.27. The van der Waals surface area contributed by atoms with E-state index in [0.29, 0.717) is 37.6 Å². The molecule has 0 spiro atoms. The molecule has 28 heavy (non-hydrogen) atoms. The first-order chi connectivity index (χ1) is 13.6. The Bertz CT molecular complexity index is 1120. The highest BCUT2D eigenvalue weighted by Crippen LogP contribution is 2.25. The third kappa shape index (κ3) is 3.62. The van der Waals surface area contributed by atoms with E-state index in [1.807, 2.05) is 12.1 Å². The number of carbonyl (C=O) groups excluding carboxylic acids is 1. The maximum absolute atomic E-state index is 12.8. The van der Waals surface area contributed by atoms with E-state index in [0.717, 1.165) is 5.39 Å². The first kappa shape index (κ1) is 18.5. The molecule has 1 saturated heterocycles. The van der Waals surface area contributed by atoms with Crippen molar-refractivity contribution in [3.8, 4) is 5.75 Å². The zero-order chi connectivity index (χ0) is 19.6. The maximum Gasteiger partial charge on any atom is 0.343 e. The van der Waals surface area contributed by atoms with Crippen LogP contribution >= 0.6 is 0 Å². The number of ether oxygens (including phenoxy) is 2. The highest BCUT2D eigenvalue weighted by molar-refractivity contribution is 7.89. The Morgan fingerprint density at radius 3 is 2.61 bits per heavy atom. The second kappa shape index (κ2) is 7.67. The molecular weight excluding hydrogens is 380 g/mol. The molecular formula is C20H18N2O5S. The lowest BCUT2D eigenvalue weighted by Crippen LogP contribution is -2.40. The molecule has 144 valence electrons. The smallest absolute Gasteiger partial charge is 0.343 e. The summed E-state index contributed by atoms with van der Waals surface area (Å²) in [5, 5.41) is 0.844. The number of pyridine rings is 1. The predicted octanol–water partition coefficient (Wildman–Crippen LogP) is 2.47. The highest BCUT2D eigenvalue weighted by Gasteiger charge is 2.27. The van der Waals surface area contributed by atoms with E-state index in [4.69, 9.17) is 9.47 Å². The van der Waals surface area contributed by atoms with Gasteiger partial charge in [-0.1, -0.05) is 24.3 Å². The fourth-order valence-electron chi connectivity index (χ4n) is 3.04. The average molecular weight is 398 g/mol. The van der Waals surface area contributed by atoms with Crippen LogP contribution in [-0.2, 0) is 14.8 Å². The molecule has 1 aliphatic heterocycles.